The quantitative estimate of drug-likeness (QED) is 0.823. The molecule has 1 N–H and O–H groups in total. The summed E-state index contributed by atoms with van der Waals surface area (Å²) >= 11 is 7.08. The molecule has 1 aromatic heterocycles. The van der Waals surface area contributed by atoms with E-state index in [1.807, 2.05) is 18.8 Å². The third-order valence-corrected chi connectivity index (χ3v) is 5.34. The third-order valence-electron chi connectivity index (χ3n) is 2.45. The molecular weight excluding hydrogens is 328 g/mol. The summed E-state index contributed by atoms with van der Waals surface area (Å²) in [6.07, 6.45) is 0. The highest BCUT2D eigenvalue weighted by atomic mass is 79.9. The molecule has 5 heteroatoms. The van der Waals surface area contributed by atoms with Gasteiger partial charge in [0.25, 0.3) is 0 Å². The molecule has 0 aliphatic heterocycles. The van der Waals surface area contributed by atoms with E-state index >= 15 is 0 Å². The standard InChI is InChI=1S/C13H15BrN2S2/c1-9-12(7-15-2)18-13(16-9)8-17-11-5-3-10(14)4-6-11/h3-6,15H,7-8H2,1-2H3. The van der Waals surface area contributed by atoms with Crippen molar-refractivity contribution in [1.29, 1.82) is 0 Å². The van der Waals surface area contributed by atoms with E-state index in [4.69, 9.17) is 0 Å². The molecule has 18 heavy (non-hydrogen) atoms. The van der Waals surface area contributed by atoms with Crippen LogP contribution in [0.1, 0.15) is 15.6 Å². The number of thiazole rings is 1. The van der Waals surface area contributed by atoms with Gasteiger partial charge in [0, 0.05) is 20.8 Å². The van der Waals surface area contributed by atoms with Gasteiger partial charge in [-0.15, -0.1) is 23.1 Å². The highest BCUT2D eigenvalue weighted by Crippen LogP contribution is 2.27. The second-order valence-corrected chi connectivity index (χ2v) is 7.02. The Morgan fingerprint density at radius 2 is 2.06 bits per heavy atom. The third kappa shape index (κ3) is 3.82. The highest BCUT2D eigenvalue weighted by molar-refractivity contribution is 9.10. The molecule has 0 bridgehead atoms. The SMILES string of the molecule is CNCc1sc(CSc2ccc(Br)cc2)nc1C. The zero-order chi connectivity index (χ0) is 13.0. The summed E-state index contributed by atoms with van der Waals surface area (Å²) in [5, 5.41) is 4.38. The number of nitrogens with zero attached hydrogens (tertiary/aromatic N) is 1. The van der Waals surface area contributed by atoms with Gasteiger partial charge in [-0.1, -0.05) is 15.9 Å². The van der Waals surface area contributed by atoms with Gasteiger partial charge in [0.15, 0.2) is 0 Å². The largest absolute Gasteiger partial charge is 0.315 e. The minimum atomic E-state index is 0.909. The first kappa shape index (κ1) is 14.1. The Morgan fingerprint density at radius 1 is 1.33 bits per heavy atom. The molecule has 0 amide bonds. The van der Waals surface area contributed by atoms with Crippen LogP contribution in [-0.2, 0) is 12.3 Å². The van der Waals surface area contributed by atoms with Crippen LogP contribution in [0.15, 0.2) is 33.6 Å². The molecule has 0 aliphatic rings. The van der Waals surface area contributed by atoms with Gasteiger partial charge >= 0.3 is 0 Å². The maximum atomic E-state index is 4.61. The predicted molar refractivity (Wildman–Crippen MR) is 83.3 cm³/mol. The molecule has 0 aliphatic carbocycles. The van der Waals surface area contributed by atoms with Crippen LogP contribution in [0.5, 0.6) is 0 Å². The molecule has 0 unspecified atom stereocenters. The Labute approximate surface area is 124 Å². The lowest BCUT2D eigenvalue weighted by molar-refractivity contribution is 0.822. The number of rotatable bonds is 5. The fourth-order valence-electron chi connectivity index (χ4n) is 1.55. The molecule has 2 rings (SSSR count). The van der Waals surface area contributed by atoms with E-state index in [9.17, 15) is 0 Å². The number of aromatic nitrogens is 1. The normalized spacial score (nSPS) is 10.8. The molecular formula is C13H15BrN2S2. The molecule has 2 nitrogen and oxygen atoms in total. The van der Waals surface area contributed by atoms with Gasteiger partial charge in [0.2, 0.25) is 0 Å². The highest BCUT2D eigenvalue weighted by Gasteiger charge is 2.07. The van der Waals surface area contributed by atoms with Gasteiger partial charge in [0.05, 0.1) is 11.4 Å². The summed E-state index contributed by atoms with van der Waals surface area (Å²) in [6, 6.07) is 8.40. The van der Waals surface area contributed by atoms with E-state index in [1.165, 1.54) is 14.8 Å². The lowest BCUT2D eigenvalue weighted by atomic mass is 10.4. The van der Waals surface area contributed by atoms with E-state index < -0.39 is 0 Å². The number of benzene rings is 1. The van der Waals surface area contributed by atoms with Gasteiger partial charge in [-0.05, 0) is 38.2 Å². The Kier molecular flexibility index (Phi) is 5.24. The van der Waals surface area contributed by atoms with Crippen molar-refractivity contribution in [3.05, 3.63) is 44.3 Å². The molecule has 1 heterocycles. The van der Waals surface area contributed by atoms with E-state index in [0.29, 0.717) is 0 Å². The lowest BCUT2D eigenvalue weighted by Gasteiger charge is -1.99. The minimum Gasteiger partial charge on any atom is -0.315 e. The molecule has 0 fully saturated rings. The average molecular weight is 343 g/mol. The van der Waals surface area contributed by atoms with Crippen molar-refractivity contribution in [2.45, 2.75) is 24.1 Å². The Hall–Kier alpha value is -0.360. The number of nitrogens with one attached hydrogen (secondary N) is 1. The molecule has 0 atom stereocenters. The molecule has 1 aromatic carbocycles. The molecule has 96 valence electrons. The lowest BCUT2D eigenvalue weighted by Crippen LogP contribution is -2.04. The number of hydrogen-bond donors (Lipinski definition) is 1. The van der Waals surface area contributed by atoms with Crippen LogP contribution in [0.4, 0.5) is 0 Å². The Bertz CT molecular complexity index is 508. The fourth-order valence-corrected chi connectivity index (χ4v) is 3.79. The summed E-state index contributed by atoms with van der Waals surface area (Å²) in [5.74, 6) is 0.941. The minimum absolute atomic E-state index is 0.909. The zero-order valence-corrected chi connectivity index (χ0v) is 13.6. The Balaban J connectivity index is 1.97. The molecule has 0 saturated heterocycles. The van der Waals surface area contributed by atoms with Crippen molar-refractivity contribution >= 4 is 39.0 Å². The van der Waals surface area contributed by atoms with Crippen LogP contribution >= 0.6 is 39.0 Å². The summed E-state index contributed by atoms with van der Waals surface area (Å²) in [5.41, 5.74) is 1.15. The average Bonchev–Trinajstić information content (AvgIpc) is 2.70. The fraction of sp³-hybridized carbons (Fsp3) is 0.308. The van der Waals surface area contributed by atoms with Gasteiger partial charge in [-0.2, -0.15) is 0 Å². The van der Waals surface area contributed by atoms with Crippen molar-refractivity contribution in [2.24, 2.45) is 0 Å². The summed E-state index contributed by atoms with van der Waals surface area (Å²) in [4.78, 5) is 7.23. The zero-order valence-electron chi connectivity index (χ0n) is 10.4. The van der Waals surface area contributed by atoms with Crippen molar-refractivity contribution in [1.82, 2.24) is 10.3 Å². The van der Waals surface area contributed by atoms with Crippen LogP contribution in [0.3, 0.4) is 0 Å². The van der Waals surface area contributed by atoms with Crippen LogP contribution in [-0.4, -0.2) is 12.0 Å². The first-order valence-corrected chi connectivity index (χ1v) is 8.26. The molecule has 0 spiro atoms. The van der Waals surface area contributed by atoms with Crippen molar-refractivity contribution in [2.75, 3.05) is 7.05 Å². The van der Waals surface area contributed by atoms with Gasteiger partial charge < -0.3 is 5.32 Å². The molecule has 0 radical (unpaired) electrons. The van der Waals surface area contributed by atoms with Crippen molar-refractivity contribution < 1.29 is 0 Å². The first-order chi connectivity index (χ1) is 8.69. The van der Waals surface area contributed by atoms with Crippen molar-refractivity contribution in [3.8, 4) is 0 Å². The van der Waals surface area contributed by atoms with Gasteiger partial charge in [0.1, 0.15) is 5.01 Å². The van der Waals surface area contributed by atoms with E-state index in [0.717, 1.165) is 22.5 Å². The van der Waals surface area contributed by atoms with Crippen LogP contribution < -0.4 is 5.32 Å². The number of halogens is 1. The first-order valence-electron chi connectivity index (χ1n) is 5.67. The van der Waals surface area contributed by atoms with Crippen LogP contribution in [0.2, 0.25) is 0 Å². The number of aryl methyl sites for hydroxylation is 1. The van der Waals surface area contributed by atoms with E-state index in [1.54, 1.807) is 11.3 Å². The maximum absolute atomic E-state index is 4.61. The Morgan fingerprint density at radius 3 is 2.72 bits per heavy atom. The predicted octanol–water partition coefficient (Wildman–Crippen LogP) is 4.23. The van der Waals surface area contributed by atoms with Crippen LogP contribution in [0.25, 0.3) is 0 Å². The summed E-state index contributed by atoms with van der Waals surface area (Å²) < 4.78 is 1.12. The van der Waals surface area contributed by atoms with E-state index in [-0.39, 0.29) is 0 Å². The smallest absolute Gasteiger partial charge is 0.103 e. The van der Waals surface area contributed by atoms with E-state index in [2.05, 4.69) is 57.4 Å². The number of thioether (sulfide) groups is 1. The van der Waals surface area contributed by atoms with Crippen molar-refractivity contribution in [3.63, 3.8) is 0 Å². The summed E-state index contributed by atoms with van der Waals surface area (Å²) in [6.45, 7) is 2.99. The second-order valence-electron chi connectivity index (χ2n) is 3.89. The summed E-state index contributed by atoms with van der Waals surface area (Å²) in [7, 11) is 1.97. The molecule has 2 aromatic rings. The van der Waals surface area contributed by atoms with Crippen LogP contribution in [0, 0.1) is 6.92 Å². The second kappa shape index (κ2) is 6.70. The molecule has 0 saturated carbocycles. The van der Waals surface area contributed by atoms with Gasteiger partial charge in [-0.25, -0.2) is 4.98 Å². The topological polar surface area (TPSA) is 24.9 Å². The van der Waals surface area contributed by atoms with Gasteiger partial charge in [-0.3, -0.25) is 0 Å². The maximum Gasteiger partial charge on any atom is 0.103 e. The monoisotopic (exact) mass is 342 g/mol. The number of hydrogen-bond acceptors (Lipinski definition) is 4.